The lowest BCUT2D eigenvalue weighted by Crippen LogP contribution is -2.44. The highest BCUT2D eigenvalue weighted by atomic mass is 16.2. The largest absolute Gasteiger partial charge is 0.384 e. The lowest BCUT2D eigenvalue weighted by Gasteiger charge is -2.40. The molecule has 2 aliphatic rings. The molecule has 37 heavy (non-hydrogen) atoms. The van der Waals surface area contributed by atoms with Crippen molar-refractivity contribution in [2.45, 2.75) is 51.2 Å². The number of benzene rings is 1. The Morgan fingerprint density at radius 3 is 2.76 bits per heavy atom. The van der Waals surface area contributed by atoms with E-state index >= 15 is 0 Å². The molecule has 3 heterocycles. The van der Waals surface area contributed by atoms with Gasteiger partial charge < -0.3 is 16.4 Å². The molecule has 1 amide bonds. The number of carbonyl (C=O) groups excluding carboxylic acids is 1. The predicted octanol–water partition coefficient (Wildman–Crippen LogP) is 3.79. The number of aryl methyl sites for hydroxylation is 2. The Balaban J connectivity index is 1.44. The number of nitrogens with one attached hydrogen (secondary N) is 2. The lowest BCUT2D eigenvalue weighted by atomic mass is 9.74. The predicted molar refractivity (Wildman–Crippen MR) is 145 cm³/mol. The van der Waals surface area contributed by atoms with Gasteiger partial charge in [-0.15, -0.1) is 0 Å². The van der Waals surface area contributed by atoms with Crippen molar-refractivity contribution in [1.82, 2.24) is 19.9 Å². The summed E-state index contributed by atoms with van der Waals surface area (Å²) in [6.45, 7) is 4.31. The van der Waals surface area contributed by atoms with Gasteiger partial charge in [0.2, 0.25) is 5.91 Å². The lowest BCUT2D eigenvalue weighted by molar-refractivity contribution is -0.124. The van der Waals surface area contributed by atoms with Gasteiger partial charge in [0.25, 0.3) is 5.56 Å². The Kier molecular flexibility index (Phi) is 6.65. The van der Waals surface area contributed by atoms with Crippen molar-refractivity contribution in [3.8, 4) is 0 Å². The van der Waals surface area contributed by atoms with Gasteiger partial charge in [-0.3, -0.25) is 14.2 Å². The summed E-state index contributed by atoms with van der Waals surface area (Å²) in [5.74, 6) is 0.608. The summed E-state index contributed by atoms with van der Waals surface area (Å²) in [6.07, 6.45) is 12.1. The summed E-state index contributed by atoms with van der Waals surface area (Å²) < 4.78 is 1.60. The quantitative estimate of drug-likeness (QED) is 0.458. The molecule has 1 unspecified atom stereocenters. The van der Waals surface area contributed by atoms with Crippen LogP contribution in [-0.4, -0.2) is 20.4 Å². The maximum atomic E-state index is 13.8. The van der Waals surface area contributed by atoms with Crippen LogP contribution >= 0.6 is 0 Å². The third kappa shape index (κ3) is 4.55. The van der Waals surface area contributed by atoms with Gasteiger partial charge in [-0.2, -0.15) is 0 Å². The Morgan fingerprint density at radius 1 is 1.19 bits per heavy atom. The zero-order chi connectivity index (χ0) is 26.0. The molecule has 0 radical (unpaired) electrons. The summed E-state index contributed by atoms with van der Waals surface area (Å²) in [6, 6.07) is 13.1. The molecule has 1 aliphatic heterocycles. The molecule has 3 atom stereocenters. The number of carbonyl (C=O) groups is 1. The number of rotatable bonds is 7. The summed E-state index contributed by atoms with van der Waals surface area (Å²) in [5.41, 5.74) is 8.31. The second-order valence-electron chi connectivity index (χ2n) is 9.65. The normalized spacial score (nSPS) is 22.0. The van der Waals surface area contributed by atoms with E-state index in [4.69, 9.17) is 5.73 Å². The first-order valence-electron chi connectivity index (χ1n) is 12.7. The zero-order valence-electron chi connectivity index (χ0n) is 21.1. The van der Waals surface area contributed by atoms with Gasteiger partial charge in [0.1, 0.15) is 11.9 Å². The minimum absolute atomic E-state index is 0.121. The maximum Gasteiger partial charge on any atom is 0.294 e. The van der Waals surface area contributed by atoms with Crippen LogP contribution in [0.15, 0.2) is 77.8 Å². The fraction of sp³-hybridized carbons (Fsp3) is 0.310. The van der Waals surface area contributed by atoms with Gasteiger partial charge in [0.05, 0.1) is 5.54 Å². The monoisotopic (exact) mass is 496 g/mol. The number of hydrogen-bond acceptors (Lipinski definition) is 6. The third-order valence-corrected chi connectivity index (χ3v) is 7.45. The van der Waals surface area contributed by atoms with Crippen molar-refractivity contribution in [3.05, 3.63) is 106 Å². The summed E-state index contributed by atoms with van der Waals surface area (Å²) in [4.78, 5) is 35.8. The number of nitrogens with zero attached hydrogens (tertiary/aromatic N) is 3. The van der Waals surface area contributed by atoms with Gasteiger partial charge in [0.15, 0.2) is 5.82 Å². The van der Waals surface area contributed by atoms with Crippen LogP contribution in [0, 0.1) is 12.8 Å². The van der Waals surface area contributed by atoms with Crippen molar-refractivity contribution < 1.29 is 4.79 Å². The highest BCUT2D eigenvalue weighted by molar-refractivity contribution is 5.81. The Morgan fingerprint density at radius 2 is 2.00 bits per heavy atom. The van der Waals surface area contributed by atoms with Crippen LogP contribution in [0.1, 0.15) is 48.3 Å². The summed E-state index contributed by atoms with van der Waals surface area (Å²) in [5, 5.41) is 6.48. The van der Waals surface area contributed by atoms with Gasteiger partial charge >= 0.3 is 0 Å². The molecule has 1 aliphatic carbocycles. The molecule has 0 fully saturated rings. The van der Waals surface area contributed by atoms with Crippen molar-refractivity contribution in [2.75, 3.05) is 11.1 Å². The second-order valence-corrected chi connectivity index (χ2v) is 9.65. The number of amides is 1. The van der Waals surface area contributed by atoms with Crippen LogP contribution < -0.4 is 21.9 Å². The molecule has 4 N–H and O–H groups in total. The minimum atomic E-state index is -0.623. The average molecular weight is 497 g/mol. The maximum absolute atomic E-state index is 13.8. The van der Waals surface area contributed by atoms with Gasteiger partial charge in [-0.1, -0.05) is 67.6 Å². The first-order valence-corrected chi connectivity index (χ1v) is 12.7. The number of pyridine rings is 1. The first kappa shape index (κ1) is 24.5. The average Bonchev–Trinajstić information content (AvgIpc) is 3.35. The van der Waals surface area contributed by atoms with Crippen molar-refractivity contribution in [2.24, 2.45) is 5.92 Å². The Bertz CT molecular complexity index is 1430. The summed E-state index contributed by atoms with van der Waals surface area (Å²) >= 11 is 0. The number of aromatic nitrogens is 3. The standard InChI is InChI=1S/C29H32N6O2/c1-3-21-9-7-8-16-29(21,22-10-5-4-6-11-22)34-26-28(37)35-23(18-31-26)13-14-24(35)27(36)32-17-20-12-15-25(30)33-19(20)2/h4-12,15-16,18,21,24H,3,13-14,17H2,1-2H3,(H2,30,33)(H,31,34)(H,32,36)/t21?,24-,29+/m0/s1. The van der Waals surface area contributed by atoms with Crippen LogP contribution in [0.25, 0.3) is 0 Å². The second kappa shape index (κ2) is 10.0. The highest BCUT2D eigenvalue weighted by Crippen LogP contribution is 2.39. The summed E-state index contributed by atoms with van der Waals surface area (Å²) in [7, 11) is 0. The number of hydrogen-bond donors (Lipinski definition) is 3. The number of nitrogen functional groups attached to an aromatic ring is 1. The van der Waals surface area contributed by atoms with E-state index in [1.807, 2.05) is 43.3 Å². The van der Waals surface area contributed by atoms with E-state index in [1.54, 1.807) is 16.8 Å². The van der Waals surface area contributed by atoms with Crippen LogP contribution in [0.4, 0.5) is 11.6 Å². The molecule has 0 spiro atoms. The molecule has 190 valence electrons. The molecule has 0 bridgehead atoms. The fourth-order valence-corrected chi connectivity index (χ4v) is 5.44. The molecule has 0 saturated carbocycles. The fourth-order valence-electron chi connectivity index (χ4n) is 5.44. The van der Waals surface area contributed by atoms with Crippen molar-refractivity contribution in [3.63, 3.8) is 0 Å². The van der Waals surface area contributed by atoms with E-state index in [0.717, 1.165) is 28.9 Å². The molecule has 1 aromatic carbocycles. The van der Waals surface area contributed by atoms with Crippen molar-refractivity contribution in [1.29, 1.82) is 0 Å². The van der Waals surface area contributed by atoms with E-state index in [1.165, 1.54) is 0 Å². The van der Waals surface area contributed by atoms with Crippen LogP contribution in [0.2, 0.25) is 0 Å². The molecule has 8 heteroatoms. The Labute approximate surface area is 216 Å². The molecular formula is C29H32N6O2. The number of allylic oxidation sites excluding steroid dienone is 2. The molecule has 0 saturated heterocycles. The number of anilines is 2. The molecule has 3 aromatic rings. The number of fused-ring (bicyclic) bond motifs is 1. The van der Waals surface area contributed by atoms with Gasteiger partial charge in [-0.25, -0.2) is 9.97 Å². The van der Waals surface area contributed by atoms with Crippen LogP contribution in [0.3, 0.4) is 0 Å². The van der Waals surface area contributed by atoms with Crippen LogP contribution in [0.5, 0.6) is 0 Å². The van der Waals surface area contributed by atoms with Crippen LogP contribution in [-0.2, 0) is 23.3 Å². The topological polar surface area (TPSA) is 115 Å². The van der Waals surface area contributed by atoms with E-state index in [-0.39, 0.29) is 23.2 Å². The van der Waals surface area contributed by atoms with Gasteiger partial charge in [0, 0.05) is 30.0 Å². The molecule has 2 aromatic heterocycles. The third-order valence-electron chi connectivity index (χ3n) is 7.45. The zero-order valence-corrected chi connectivity index (χ0v) is 21.1. The molecule has 5 rings (SSSR count). The van der Waals surface area contributed by atoms with E-state index < -0.39 is 11.6 Å². The molecular weight excluding hydrogens is 464 g/mol. The SMILES string of the molecule is CCC1C=CC=C[C@]1(Nc1ncc2n(c1=O)[C@H](C(=O)NCc1ccc(N)nc1C)CC2)c1ccccc1. The van der Waals surface area contributed by atoms with E-state index in [9.17, 15) is 9.59 Å². The van der Waals surface area contributed by atoms with E-state index in [2.05, 4.69) is 51.8 Å². The minimum Gasteiger partial charge on any atom is -0.384 e. The van der Waals surface area contributed by atoms with E-state index in [0.29, 0.717) is 25.2 Å². The smallest absolute Gasteiger partial charge is 0.294 e. The van der Waals surface area contributed by atoms with Gasteiger partial charge in [-0.05, 0) is 43.4 Å². The number of nitrogens with two attached hydrogens (primary N) is 1. The first-order chi connectivity index (χ1) is 17.9. The Hall–Kier alpha value is -4.20. The highest BCUT2D eigenvalue weighted by Gasteiger charge is 2.39. The molecule has 8 nitrogen and oxygen atoms in total. The van der Waals surface area contributed by atoms with Crippen molar-refractivity contribution >= 4 is 17.5 Å².